The normalized spacial score (nSPS) is 40.7. The molecule has 2 fully saturated rings. The van der Waals surface area contributed by atoms with Crippen molar-refractivity contribution in [1.82, 2.24) is 10.2 Å². The van der Waals surface area contributed by atoms with Crippen LogP contribution in [-0.4, -0.2) is 35.6 Å². The number of hydrogen-bond acceptors (Lipinski definition) is 3. The molecule has 2 aliphatic heterocycles. The van der Waals surface area contributed by atoms with Gasteiger partial charge < -0.3 is 4.90 Å². The predicted molar refractivity (Wildman–Crippen MR) is 60.4 cm³/mol. The van der Waals surface area contributed by atoms with Gasteiger partial charge in [0.15, 0.2) is 0 Å². The summed E-state index contributed by atoms with van der Waals surface area (Å²) in [6.07, 6.45) is 4.53. The second-order valence-electron chi connectivity index (χ2n) is 5.45. The lowest BCUT2D eigenvalue weighted by molar-refractivity contribution is 0.114. The molecule has 15 heavy (non-hydrogen) atoms. The van der Waals surface area contributed by atoms with Crippen molar-refractivity contribution in [2.75, 3.05) is 7.05 Å². The third-order valence-electron chi connectivity index (χ3n) is 3.93. The lowest BCUT2D eigenvalue weighted by Crippen LogP contribution is -2.57. The lowest BCUT2D eigenvalue weighted by Gasteiger charge is -2.42. The Morgan fingerprint density at radius 3 is 2.27 bits per heavy atom. The number of nitrogens with one attached hydrogen (secondary N) is 1. The van der Waals surface area contributed by atoms with Crippen LogP contribution in [0.3, 0.4) is 0 Å². The van der Waals surface area contributed by atoms with E-state index in [4.69, 9.17) is 0 Å². The number of piperidine rings is 1. The zero-order valence-electron chi connectivity index (χ0n) is 9.95. The van der Waals surface area contributed by atoms with Crippen LogP contribution in [0.25, 0.3) is 0 Å². The molecule has 0 saturated carbocycles. The van der Waals surface area contributed by atoms with Crippen LogP contribution in [0.5, 0.6) is 0 Å². The average molecular weight is 207 g/mol. The highest BCUT2D eigenvalue weighted by Crippen LogP contribution is 2.39. The molecular formula is C12H21N3. The Hall–Kier alpha value is -0.590. The van der Waals surface area contributed by atoms with Gasteiger partial charge >= 0.3 is 0 Å². The summed E-state index contributed by atoms with van der Waals surface area (Å²) in [6, 6.07) is 4.17. The first kappa shape index (κ1) is 10.9. The monoisotopic (exact) mass is 207 g/mol. The van der Waals surface area contributed by atoms with E-state index in [2.05, 4.69) is 37.2 Å². The van der Waals surface area contributed by atoms with Crippen molar-refractivity contribution in [3.05, 3.63) is 0 Å². The SMILES string of the molecule is CC(C)NC1(C#N)CC2CCC(C1)N2C. The van der Waals surface area contributed by atoms with Gasteiger partial charge in [-0.15, -0.1) is 0 Å². The molecule has 3 nitrogen and oxygen atoms in total. The maximum Gasteiger partial charge on any atom is 0.109 e. The molecular weight excluding hydrogens is 186 g/mol. The molecule has 2 atom stereocenters. The Kier molecular flexibility index (Phi) is 2.74. The highest BCUT2D eigenvalue weighted by Gasteiger charge is 2.47. The van der Waals surface area contributed by atoms with Gasteiger partial charge in [-0.25, -0.2) is 0 Å². The summed E-state index contributed by atoms with van der Waals surface area (Å²) in [7, 11) is 2.21. The summed E-state index contributed by atoms with van der Waals surface area (Å²) in [5.41, 5.74) is -0.257. The van der Waals surface area contributed by atoms with E-state index in [1.807, 2.05) is 0 Å². The van der Waals surface area contributed by atoms with Crippen LogP contribution in [0, 0.1) is 11.3 Å². The third kappa shape index (κ3) is 1.89. The van der Waals surface area contributed by atoms with E-state index in [9.17, 15) is 5.26 Å². The molecule has 84 valence electrons. The van der Waals surface area contributed by atoms with Gasteiger partial charge in [0, 0.05) is 18.1 Å². The summed E-state index contributed by atoms with van der Waals surface area (Å²) in [4.78, 5) is 2.47. The predicted octanol–water partition coefficient (Wildman–Crippen LogP) is 1.50. The molecule has 0 aromatic carbocycles. The zero-order valence-corrected chi connectivity index (χ0v) is 9.95. The minimum atomic E-state index is -0.257. The Labute approximate surface area is 92.4 Å². The van der Waals surface area contributed by atoms with Crippen molar-refractivity contribution in [1.29, 1.82) is 5.26 Å². The van der Waals surface area contributed by atoms with Crippen LogP contribution in [0.4, 0.5) is 0 Å². The standard InChI is InChI=1S/C12H21N3/c1-9(2)14-12(8-13)6-10-4-5-11(7-12)15(10)3/h9-11,14H,4-7H2,1-3H3. The van der Waals surface area contributed by atoms with Crippen LogP contribution in [0.2, 0.25) is 0 Å². The molecule has 1 N–H and O–H groups in total. The van der Waals surface area contributed by atoms with Gasteiger partial charge in [-0.2, -0.15) is 5.26 Å². The van der Waals surface area contributed by atoms with E-state index in [-0.39, 0.29) is 5.54 Å². The van der Waals surface area contributed by atoms with Crippen molar-refractivity contribution in [3.63, 3.8) is 0 Å². The maximum absolute atomic E-state index is 9.41. The van der Waals surface area contributed by atoms with E-state index in [0.717, 1.165) is 12.8 Å². The van der Waals surface area contributed by atoms with Gasteiger partial charge in [-0.1, -0.05) is 0 Å². The molecule has 2 bridgehead atoms. The second-order valence-corrected chi connectivity index (χ2v) is 5.45. The minimum Gasteiger partial charge on any atom is -0.300 e. The Balaban J connectivity index is 2.14. The molecule has 2 heterocycles. The van der Waals surface area contributed by atoms with Gasteiger partial charge in [-0.3, -0.25) is 5.32 Å². The zero-order chi connectivity index (χ0) is 11.1. The summed E-state index contributed by atoms with van der Waals surface area (Å²) >= 11 is 0. The van der Waals surface area contributed by atoms with Gasteiger partial charge in [0.1, 0.15) is 5.54 Å². The van der Waals surface area contributed by atoms with Crippen molar-refractivity contribution < 1.29 is 0 Å². The molecule has 3 heteroatoms. The molecule has 0 aromatic rings. The fourth-order valence-electron chi connectivity index (χ4n) is 3.26. The minimum absolute atomic E-state index is 0.257. The summed E-state index contributed by atoms with van der Waals surface area (Å²) < 4.78 is 0. The molecule has 0 aromatic heterocycles. The van der Waals surface area contributed by atoms with E-state index in [1.54, 1.807) is 0 Å². The van der Waals surface area contributed by atoms with Gasteiger partial charge in [-0.05, 0) is 46.6 Å². The first-order valence-corrected chi connectivity index (χ1v) is 5.97. The van der Waals surface area contributed by atoms with E-state index in [1.165, 1.54) is 12.8 Å². The second kappa shape index (κ2) is 3.77. The van der Waals surface area contributed by atoms with Crippen molar-refractivity contribution in [3.8, 4) is 6.07 Å². The molecule has 2 unspecified atom stereocenters. The summed E-state index contributed by atoms with van der Waals surface area (Å²) in [5, 5.41) is 12.9. The van der Waals surface area contributed by atoms with E-state index in [0.29, 0.717) is 18.1 Å². The van der Waals surface area contributed by atoms with Crippen molar-refractivity contribution >= 4 is 0 Å². The molecule has 2 aliphatic rings. The van der Waals surface area contributed by atoms with Gasteiger partial charge in [0.2, 0.25) is 0 Å². The molecule has 0 aliphatic carbocycles. The molecule has 0 amide bonds. The largest absolute Gasteiger partial charge is 0.300 e. The number of fused-ring (bicyclic) bond motifs is 2. The van der Waals surface area contributed by atoms with Crippen molar-refractivity contribution in [2.45, 2.75) is 63.2 Å². The lowest BCUT2D eigenvalue weighted by atomic mass is 9.83. The van der Waals surface area contributed by atoms with E-state index < -0.39 is 0 Å². The topological polar surface area (TPSA) is 39.1 Å². The van der Waals surface area contributed by atoms with Crippen LogP contribution >= 0.6 is 0 Å². The van der Waals surface area contributed by atoms with Gasteiger partial charge in [0.05, 0.1) is 6.07 Å². The van der Waals surface area contributed by atoms with Crippen LogP contribution in [0.15, 0.2) is 0 Å². The first-order valence-electron chi connectivity index (χ1n) is 5.97. The molecule has 2 saturated heterocycles. The Morgan fingerprint density at radius 2 is 1.87 bits per heavy atom. The van der Waals surface area contributed by atoms with Crippen molar-refractivity contribution in [2.24, 2.45) is 0 Å². The third-order valence-corrected chi connectivity index (χ3v) is 3.93. The van der Waals surface area contributed by atoms with Crippen LogP contribution < -0.4 is 5.32 Å². The Morgan fingerprint density at radius 1 is 1.33 bits per heavy atom. The quantitative estimate of drug-likeness (QED) is 0.746. The number of rotatable bonds is 2. The van der Waals surface area contributed by atoms with Crippen LogP contribution in [-0.2, 0) is 0 Å². The van der Waals surface area contributed by atoms with E-state index >= 15 is 0 Å². The molecule has 0 spiro atoms. The highest BCUT2D eigenvalue weighted by molar-refractivity contribution is 5.16. The maximum atomic E-state index is 9.41. The number of nitrogens with zero attached hydrogens (tertiary/aromatic N) is 2. The molecule has 2 rings (SSSR count). The highest BCUT2D eigenvalue weighted by atomic mass is 15.2. The Bertz CT molecular complexity index is 265. The molecule has 0 radical (unpaired) electrons. The van der Waals surface area contributed by atoms with Crippen LogP contribution in [0.1, 0.15) is 39.5 Å². The van der Waals surface area contributed by atoms with Gasteiger partial charge in [0.25, 0.3) is 0 Å². The smallest absolute Gasteiger partial charge is 0.109 e. The fraction of sp³-hybridized carbons (Fsp3) is 0.917. The average Bonchev–Trinajstić information content (AvgIpc) is 2.41. The number of hydrogen-bond donors (Lipinski definition) is 1. The summed E-state index contributed by atoms with van der Waals surface area (Å²) in [6.45, 7) is 4.25. The first-order chi connectivity index (χ1) is 7.06. The fourth-order valence-corrected chi connectivity index (χ4v) is 3.26. The number of nitriles is 1. The summed E-state index contributed by atoms with van der Waals surface area (Å²) in [5.74, 6) is 0.